The van der Waals surface area contributed by atoms with E-state index in [0.717, 1.165) is 25.3 Å². The van der Waals surface area contributed by atoms with E-state index in [1.807, 2.05) is 12.1 Å². The van der Waals surface area contributed by atoms with Crippen LogP contribution in [-0.4, -0.2) is 20.2 Å². The molecule has 0 bridgehead atoms. The Labute approximate surface area is 120 Å². The first-order valence-electron chi connectivity index (χ1n) is 7.26. The van der Waals surface area contributed by atoms with E-state index in [2.05, 4.69) is 42.6 Å². The molecule has 2 aromatic rings. The summed E-state index contributed by atoms with van der Waals surface area (Å²) in [5, 5.41) is 3.50. The van der Waals surface area contributed by atoms with E-state index in [9.17, 15) is 0 Å². The molecular formula is C18H21NO. The second-order valence-electron chi connectivity index (χ2n) is 5.50. The highest BCUT2D eigenvalue weighted by Crippen LogP contribution is 2.29. The molecule has 0 spiro atoms. The van der Waals surface area contributed by atoms with Gasteiger partial charge in [-0.15, -0.1) is 0 Å². The molecule has 1 atom stereocenters. The van der Waals surface area contributed by atoms with Crippen LogP contribution in [-0.2, 0) is 6.42 Å². The van der Waals surface area contributed by atoms with Gasteiger partial charge in [-0.3, -0.25) is 0 Å². The van der Waals surface area contributed by atoms with Crippen LogP contribution in [0.25, 0.3) is 11.1 Å². The van der Waals surface area contributed by atoms with E-state index >= 15 is 0 Å². The fraction of sp³-hybridized carbons (Fsp3) is 0.333. The molecule has 0 aromatic heterocycles. The molecular weight excluding hydrogens is 246 g/mol. The van der Waals surface area contributed by atoms with Crippen molar-refractivity contribution in [1.29, 1.82) is 0 Å². The van der Waals surface area contributed by atoms with Crippen LogP contribution < -0.4 is 10.1 Å². The lowest BCUT2D eigenvalue weighted by atomic mass is 9.92. The van der Waals surface area contributed by atoms with Gasteiger partial charge in [-0.05, 0) is 53.3 Å². The number of benzene rings is 2. The predicted molar refractivity (Wildman–Crippen MR) is 83.4 cm³/mol. The molecule has 0 fully saturated rings. The summed E-state index contributed by atoms with van der Waals surface area (Å²) in [4.78, 5) is 0. The van der Waals surface area contributed by atoms with Crippen LogP contribution in [0.4, 0.5) is 0 Å². The van der Waals surface area contributed by atoms with Crippen molar-refractivity contribution in [3.8, 4) is 16.9 Å². The molecule has 1 heterocycles. The molecule has 0 aliphatic carbocycles. The molecule has 1 aliphatic heterocycles. The lowest BCUT2D eigenvalue weighted by molar-refractivity contribution is 0.415. The van der Waals surface area contributed by atoms with E-state index in [4.69, 9.17) is 4.74 Å². The maximum atomic E-state index is 5.32. The molecule has 0 radical (unpaired) electrons. The van der Waals surface area contributed by atoms with Crippen LogP contribution in [0.3, 0.4) is 0 Å². The zero-order valence-corrected chi connectivity index (χ0v) is 12.1. The third-order valence-electron chi connectivity index (χ3n) is 4.10. The first kappa shape index (κ1) is 13.2. The number of hydrogen-bond donors (Lipinski definition) is 1. The second-order valence-corrected chi connectivity index (χ2v) is 5.50. The van der Waals surface area contributed by atoms with Crippen LogP contribution in [0.5, 0.6) is 5.75 Å². The molecule has 2 heteroatoms. The van der Waals surface area contributed by atoms with E-state index < -0.39 is 0 Å². The van der Waals surface area contributed by atoms with Crippen molar-refractivity contribution in [2.24, 2.45) is 0 Å². The Morgan fingerprint density at radius 3 is 2.80 bits per heavy atom. The van der Waals surface area contributed by atoms with E-state index in [0.29, 0.717) is 5.92 Å². The lowest BCUT2D eigenvalue weighted by Crippen LogP contribution is -2.18. The number of hydrogen-bond acceptors (Lipinski definition) is 2. The Balaban J connectivity index is 2.01. The first-order chi connectivity index (χ1) is 9.78. The van der Waals surface area contributed by atoms with Gasteiger partial charge in [0.05, 0.1) is 7.11 Å². The monoisotopic (exact) mass is 267 g/mol. The van der Waals surface area contributed by atoms with Crippen molar-refractivity contribution >= 4 is 0 Å². The molecule has 1 N–H and O–H groups in total. The summed E-state index contributed by atoms with van der Waals surface area (Å²) in [6.45, 7) is 4.44. The molecule has 3 rings (SSSR count). The van der Waals surface area contributed by atoms with Crippen molar-refractivity contribution in [2.45, 2.75) is 19.3 Å². The molecule has 0 saturated carbocycles. The maximum absolute atomic E-state index is 5.32. The third kappa shape index (κ3) is 2.56. The van der Waals surface area contributed by atoms with Gasteiger partial charge in [0.1, 0.15) is 5.75 Å². The lowest BCUT2D eigenvalue weighted by Gasteiger charge is -2.14. The normalized spacial score (nSPS) is 18.2. The minimum Gasteiger partial charge on any atom is -0.497 e. The second kappa shape index (κ2) is 5.68. The van der Waals surface area contributed by atoms with E-state index in [-0.39, 0.29) is 0 Å². The average Bonchev–Trinajstić information content (AvgIpc) is 2.69. The van der Waals surface area contributed by atoms with Gasteiger partial charge in [0, 0.05) is 6.54 Å². The summed E-state index contributed by atoms with van der Waals surface area (Å²) in [6, 6.07) is 15.1. The van der Waals surface area contributed by atoms with Crippen LogP contribution in [0.15, 0.2) is 42.5 Å². The van der Waals surface area contributed by atoms with Crippen molar-refractivity contribution < 1.29 is 4.74 Å². The first-order valence-corrected chi connectivity index (χ1v) is 7.26. The summed E-state index contributed by atoms with van der Waals surface area (Å²) in [5.41, 5.74) is 5.46. The summed E-state index contributed by atoms with van der Waals surface area (Å²) in [6.07, 6.45) is 1.11. The van der Waals surface area contributed by atoms with Gasteiger partial charge in [0.15, 0.2) is 0 Å². The van der Waals surface area contributed by atoms with Crippen molar-refractivity contribution in [1.82, 2.24) is 5.32 Å². The molecule has 0 saturated heterocycles. The minimum absolute atomic E-state index is 0.590. The van der Waals surface area contributed by atoms with Crippen LogP contribution in [0.1, 0.15) is 24.0 Å². The summed E-state index contributed by atoms with van der Waals surface area (Å²) >= 11 is 0. The number of fused-ring (bicyclic) bond motifs is 1. The molecule has 2 nitrogen and oxygen atoms in total. The number of ether oxygens (including phenoxy) is 1. The van der Waals surface area contributed by atoms with Gasteiger partial charge in [0.25, 0.3) is 0 Å². The Morgan fingerprint density at radius 2 is 1.95 bits per heavy atom. The highest BCUT2D eigenvalue weighted by molar-refractivity contribution is 5.66. The third-order valence-corrected chi connectivity index (χ3v) is 4.10. The van der Waals surface area contributed by atoms with Gasteiger partial charge in [0.2, 0.25) is 0 Å². The Hall–Kier alpha value is -1.80. The van der Waals surface area contributed by atoms with Gasteiger partial charge < -0.3 is 10.1 Å². The zero-order valence-electron chi connectivity index (χ0n) is 12.1. The highest BCUT2D eigenvalue weighted by atomic mass is 16.5. The Morgan fingerprint density at radius 1 is 1.10 bits per heavy atom. The largest absolute Gasteiger partial charge is 0.497 e. The van der Waals surface area contributed by atoms with E-state index in [1.54, 1.807) is 7.11 Å². The van der Waals surface area contributed by atoms with Crippen molar-refractivity contribution in [3.05, 3.63) is 53.6 Å². The smallest absolute Gasteiger partial charge is 0.119 e. The van der Waals surface area contributed by atoms with Crippen LogP contribution in [0.2, 0.25) is 0 Å². The SMILES string of the molecule is COc1cccc(-c2ccc3c(c2)CCNC[C@H]3C)c1. The van der Waals surface area contributed by atoms with Crippen molar-refractivity contribution in [2.75, 3.05) is 20.2 Å². The predicted octanol–water partition coefficient (Wildman–Crippen LogP) is 3.61. The molecule has 1 aliphatic rings. The van der Waals surface area contributed by atoms with Gasteiger partial charge in [-0.1, -0.05) is 37.3 Å². The van der Waals surface area contributed by atoms with Crippen LogP contribution >= 0.6 is 0 Å². The summed E-state index contributed by atoms with van der Waals surface area (Å²) in [5.74, 6) is 1.50. The Bertz CT molecular complexity index is 606. The van der Waals surface area contributed by atoms with Gasteiger partial charge in [-0.25, -0.2) is 0 Å². The standard InChI is InChI=1S/C18H21NO/c1-13-12-19-9-8-16-10-15(6-7-18(13)16)14-4-3-5-17(11-14)20-2/h3-7,10-11,13,19H,8-9,12H2,1-2H3/t13-/m1/s1. The quantitative estimate of drug-likeness (QED) is 0.897. The number of nitrogens with one attached hydrogen (secondary N) is 1. The average molecular weight is 267 g/mol. The molecule has 0 amide bonds. The minimum atomic E-state index is 0.590. The van der Waals surface area contributed by atoms with E-state index in [1.165, 1.54) is 22.3 Å². The fourth-order valence-electron chi connectivity index (χ4n) is 2.94. The van der Waals surface area contributed by atoms with Crippen LogP contribution in [0, 0.1) is 0 Å². The molecule has 104 valence electrons. The molecule has 2 aromatic carbocycles. The number of rotatable bonds is 2. The number of methoxy groups -OCH3 is 1. The van der Waals surface area contributed by atoms with Crippen molar-refractivity contribution in [3.63, 3.8) is 0 Å². The topological polar surface area (TPSA) is 21.3 Å². The molecule has 20 heavy (non-hydrogen) atoms. The summed E-state index contributed by atoms with van der Waals surface area (Å²) < 4.78 is 5.32. The Kier molecular flexibility index (Phi) is 3.75. The van der Waals surface area contributed by atoms with Gasteiger partial charge >= 0.3 is 0 Å². The summed E-state index contributed by atoms with van der Waals surface area (Å²) in [7, 11) is 1.71. The fourth-order valence-corrected chi connectivity index (χ4v) is 2.94. The van der Waals surface area contributed by atoms with Gasteiger partial charge in [-0.2, -0.15) is 0 Å². The maximum Gasteiger partial charge on any atom is 0.119 e. The zero-order chi connectivity index (χ0) is 13.9. The highest BCUT2D eigenvalue weighted by Gasteiger charge is 2.15. The molecule has 0 unspecified atom stereocenters.